The van der Waals surface area contributed by atoms with E-state index in [1.54, 1.807) is 25.4 Å². The summed E-state index contributed by atoms with van der Waals surface area (Å²) in [4.78, 5) is 22.2. The van der Waals surface area contributed by atoms with Crippen LogP contribution in [0.4, 0.5) is 0 Å². The van der Waals surface area contributed by atoms with Crippen molar-refractivity contribution < 1.29 is 4.79 Å². The monoisotopic (exact) mass is 318 g/mol. The van der Waals surface area contributed by atoms with Gasteiger partial charge in [0.2, 0.25) is 11.1 Å². The van der Waals surface area contributed by atoms with Crippen molar-refractivity contribution in [1.82, 2.24) is 24.5 Å². The molecule has 0 fully saturated rings. The summed E-state index contributed by atoms with van der Waals surface area (Å²) in [5, 5.41) is 13.9. The van der Waals surface area contributed by atoms with Gasteiger partial charge in [0.15, 0.2) is 0 Å². The van der Waals surface area contributed by atoms with Gasteiger partial charge in [0.1, 0.15) is 5.54 Å². The van der Waals surface area contributed by atoms with E-state index in [9.17, 15) is 4.79 Å². The van der Waals surface area contributed by atoms with Crippen LogP contribution in [0.25, 0.3) is 5.78 Å². The fraction of sp³-hybridized carbons (Fsp3) is 0.500. The molecule has 2 heterocycles. The molecule has 22 heavy (non-hydrogen) atoms. The molecule has 0 spiro atoms. The van der Waals surface area contributed by atoms with Gasteiger partial charge in [-0.3, -0.25) is 4.79 Å². The zero-order chi connectivity index (χ0) is 16.5. The van der Waals surface area contributed by atoms with Gasteiger partial charge in [0, 0.05) is 18.4 Å². The number of nitrogens with zero attached hydrogens (tertiary/aromatic N) is 6. The number of fused-ring (bicyclic) bond motifs is 1. The van der Waals surface area contributed by atoms with Gasteiger partial charge in [-0.15, -0.1) is 5.10 Å². The van der Waals surface area contributed by atoms with Gasteiger partial charge in [0.25, 0.3) is 5.78 Å². The molecule has 116 valence electrons. The highest BCUT2D eigenvalue weighted by Gasteiger charge is 2.27. The Balaban J connectivity index is 2.11. The summed E-state index contributed by atoms with van der Waals surface area (Å²) in [5.74, 6) is 0.561. The van der Waals surface area contributed by atoms with Crippen molar-refractivity contribution >= 4 is 23.4 Å². The minimum absolute atomic E-state index is 0.142. The Morgan fingerprint density at radius 3 is 2.77 bits per heavy atom. The molecule has 0 radical (unpaired) electrons. The molecule has 0 saturated carbocycles. The molecule has 2 aromatic rings. The van der Waals surface area contributed by atoms with Crippen molar-refractivity contribution in [3.8, 4) is 6.07 Å². The van der Waals surface area contributed by atoms with Gasteiger partial charge >= 0.3 is 0 Å². The van der Waals surface area contributed by atoms with Crippen LogP contribution in [0.15, 0.2) is 11.2 Å². The largest absolute Gasteiger partial charge is 0.327 e. The molecule has 0 saturated heterocycles. The SMILES string of the molecule is Cc1cc(C)n2nc(SCC(=O)N(C)C(C)(C)C#N)nc2n1. The highest BCUT2D eigenvalue weighted by Crippen LogP contribution is 2.18. The van der Waals surface area contributed by atoms with Gasteiger partial charge in [-0.1, -0.05) is 11.8 Å². The van der Waals surface area contributed by atoms with Crippen molar-refractivity contribution in [2.24, 2.45) is 0 Å². The first kappa shape index (κ1) is 16.2. The topological polar surface area (TPSA) is 87.2 Å². The molecule has 0 bridgehead atoms. The minimum atomic E-state index is -0.834. The molecular formula is C14H18N6OS. The average molecular weight is 318 g/mol. The summed E-state index contributed by atoms with van der Waals surface area (Å²) >= 11 is 1.24. The van der Waals surface area contributed by atoms with Crippen LogP contribution in [0.5, 0.6) is 0 Å². The molecule has 1 amide bonds. The molecule has 0 atom stereocenters. The maximum absolute atomic E-state index is 12.1. The summed E-state index contributed by atoms with van der Waals surface area (Å²) < 4.78 is 1.66. The fourth-order valence-electron chi connectivity index (χ4n) is 1.82. The van der Waals surface area contributed by atoms with Crippen molar-refractivity contribution in [2.75, 3.05) is 12.8 Å². The van der Waals surface area contributed by atoms with Crippen molar-refractivity contribution in [1.29, 1.82) is 5.26 Å². The number of aryl methyl sites for hydroxylation is 2. The van der Waals surface area contributed by atoms with E-state index in [4.69, 9.17) is 5.26 Å². The molecule has 0 aliphatic carbocycles. The lowest BCUT2D eigenvalue weighted by Crippen LogP contribution is -2.44. The first-order valence-electron chi connectivity index (χ1n) is 6.76. The van der Waals surface area contributed by atoms with Crippen LogP contribution in [0, 0.1) is 25.2 Å². The third kappa shape index (κ3) is 3.20. The predicted octanol–water partition coefficient (Wildman–Crippen LogP) is 1.59. The Morgan fingerprint density at radius 2 is 2.14 bits per heavy atom. The number of thioether (sulfide) groups is 1. The second-order valence-corrected chi connectivity index (χ2v) is 6.50. The van der Waals surface area contributed by atoms with Gasteiger partial charge in [-0.05, 0) is 33.8 Å². The van der Waals surface area contributed by atoms with Crippen molar-refractivity contribution in [3.05, 3.63) is 17.5 Å². The van der Waals surface area contributed by atoms with E-state index in [0.29, 0.717) is 10.9 Å². The number of carbonyl (C=O) groups is 1. The van der Waals surface area contributed by atoms with E-state index in [2.05, 4.69) is 21.1 Å². The van der Waals surface area contributed by atoms with Crippen molar-refractivity contribution in [3.63, 3.8) is 0 Å². The molecule has 0 aliphatic rings. The Morgan fingerprint density at radius 1 is 1.45 bits per heavy atom. The molecule has 0 N–H and O–H groups in total. The smallest absolute Gasteiger partial charge is 0.253 e. The van der Waals surface area contributed by atoms with Crippen LogP contribution in [0.1, 0.15) is 25.2 Å². The average Bonchev–Trinajstić information content (AvgIpc) is 2.87. The third-order valence-corrected chi connectivity index (χ3v) is 4.23. The van der Waals surface area contributed by atoms with Crippen LogP contribution >= 0.6 is 11.8 Å². The quantitative estimate of drug-likeness (QED) is 0.796. The molecule has 0 unspecified atom stereocenters. The van der Waals surface area contributed by atoms with Gasteiger partial charge in [0.05, 0.1) is 11.8 Å². The lowest BCUT2D eigenvalue weighted by molar-refractivity contribution is -0.130. The highest BCUT2D eigenvalue weighted by molar-refractivity contribution is 7.99. The summed E-state index contributed by atoms with van der Waals surface area (Å²) in [6.07, 6.45) is 0. The van der Waals surface area contributed by atoms with Gasteiger partial charge < -0.3 is 4.90 Å². The standard InChI is InChI=1S/C14H18N6OS/c1-9-6-10(2)20-12(16-9)17-13(18-20)22-7-11(21)19(5)14(3,4)8-15/h6H,7H2,1-5H3. The fourth-order valence-corrected chi connectivity index (χ4v) is 2.55. The minimum Gasteiger partial charge on any atom is -0.327 e. The normalized spacial score (nSPS) is 11.5. The molecule has 0 aromatic carbocycles. The van der Waals surface area contributed by atoms with E-state index in [-0.39, 0.29) is 11.7 Å². The molecule has 7 nitrogen and oxygen atoms in total. The molecule has 2 aromatic heterocycles. The Bertz CT molecular complexity index is 761. The molecule has 2 rings (SSSR count). The summed E-state index contributed by atoms with van der Waals surface area (Å²) in [6.45, 7) is 7.24. The molecule has 8 heteroatoms. The maximum Gasteiger partial charge on any atom is 0.253 e. The van der Waals surface area contributed by atoms with E-state index >= 15 is 0 Å². The number of nitriles is 1. The van der Waals surface area contributed by atoms with Crippen molar-refractivity contribution in [2.45, 2.75) is 38.4 Å². The number of aromatic nitrogens is 4. The molecular weight excluding hydrogens is 300 g/mol. The summed E-state index contributed by atoms with van der Waals surface area (Å²) in [7, 11) is 1.62. The highest BCUT2D eigenvalue weighted by atomic mass is 32.2. The third-order valence-electron chi connectivity index (χ3n) is 3.41. The number of rotatable bonds is 4. The Hall–Kier alpha value is -2.14. The van der Waals surface area contributed by atoms with Gasteiger partial charge in [-0.25, -0.2) is 9.50 Å². The molecule has 0 aliphatic heterocycles. The Kier molecular flexibility index (Phi) is 4.37. The second-order valence-electron chi connectivity index (χ2n) is 5.56. The van der Waals surface area contributed by atoms with E-state index in [0.717, 1.165) is 11.4 Å². The number of hydrogen-bond donors (Lipinski definition) is 0. The summed E-state index contributed by atoms with van der Waals surface area (Å²) in [6, 6.07) is 4.03. The lowest BCUT2D eigenvalue weighted by atomic mass is 10.1. The number of hydrogen-bond acceptors (Lipinski definition) is 6. The summed E-state index contributed by atoms with van der Waals surface area (Å²) in [5.41, 5.74) is 0.982. The first-order chi connectivity index (χ1) is 10.2. The number of amides is 1. The first-order valence-corrected chi connectivity index (χ1v) is 7.75. The lowest BCUT2D eigenvalue weighted by Gasteiger charge is -2.28. The van der Waals surface area contributed by atoms with Crippen LogP contribution in [-0.2, 0) is 4.79 Å². The zero-order valence-electron chi connectivity index (χ0n) is 13.3. The van der Waals surface area contributed by atoms with E-state index in [1.165, 1.54) is 16.7 Å². The number of carbonyl (C=O) groups excluding carboxylic acids is 1. The van der Waals surface area contributed by atoms with Crippen LogP contribution in [0.2, 0.25) is 0 Å². The van der Waals surface area contributed by atoms with E-state index < -0.39 is 5.54 Å². The Labute approximate surface area is 133 Å². The van der Waals surface area contributed by atoms with E-state index in [1.807, 2.05) is 19.9 Å². The maximum atomic E-state index is 12.1. The second kappa shape index (κ2) is 5.93. The zero-order valence-corrected chi connectivity index (χ0v) is 14.1. The van der Waals surface area contributed by atoms with Gasteiger partial charge in [-0.2, -0.15) is 10.2 Å². The predicted molar refractivity (Wildman–Crippen MR) is 83.4 cm³/mol. The van der Waals surface area contributed by atoms with Crippen LogP contribution in [0.3, 0.4) is 0 Å². The van der Waals surface area contributed by atoms with Crippen LogP contribution < -0.4 is 0 Å². The van der Waals surface area contributed by atoms with Crippen LogP contribution in [-0.4, -0.2) is 48.7 Å².